The van der Waals surface area contributed by atoms with E-state index in [1.165, 1.54) is 0 Å². The van der Waals surface area contributed by atoms with Crippen LogP contribution >= 0.6 is 0 Å². The van der Waals surface area contributed by atoms with Crippen molar-refractivity contribution in [1.29, 1.82) is 0 Å². The van der Waals surface area contributed by atoms with Crippen LogP contribution in [0, 0.1) is 11.6 Å². The van der Waals surface area contributed by atoms with Gasteiger partial charge in [-0.25, -0.2) is 8.78 Å². The average Bonchev–Trinajstić information content (AvgIpc) is 2.29. The Hall–Kier alpha value is -1.76. The van der Waals surface area contributed by atoms with Gasteiger partial charge in [-0.05, 0) is 11.6 Å². The molecule has 0 spiro atoms. The molecule has 0 radical (unpaired) electrons. The van der Waals surface area contributed by atoms with Gasteiger partial charge in [-0.15, -0.1) is 0 Å². The molecule has 4 nitrogen and oxygen atoms in total. The Kier molecular flexibility index (Phi) is 3.62. The van der Waals surface area contributed by atoms with Crippen molar-refractivity contribution in [1.82, 2.24) is 0 Å². The smallest absolute Gasteiger partial charge is 0.326 e. The van der Waals surface area contributed by atoms with E-state index in [1.54, 1.807) is 0 Å². The molecule has 0 bridgehead atoms. The van der Waals surface area contributed by atoms with E-state index in [9.17, 15) is 18.0 Å². The van der Waals surface area contributed by atoms with E-state index >= 15 is 0 Å². The zero-order valence-electron chi connectivity index (χ0n) is 8.58. The predicted molar refractivity (Wildman–Crippen MR) is 52.3 cm³/mol. The second-order valence-electron chi connectivity index (χ2n) is 3.64. The average molecular weight is 249 g/mol. The molecule has 1 unspecified atom stereocenters. The molecule has 0 saturated carbocycles. The van der Waals surface area contributed by atoms with Crippen molar-refractivity contribution in [2.75, 3.05) is 6.67 Å². The quantitative estimate of drug-likeness (QED) is 0.742. The monoisotopic (exact) mass is 249 g/mol. The Balaban J connectivity index is 3.11. The number of aliphatic carboxylic acids is 1. The molecule has 4 N–H and O–H groups in total. The highest BCUT2D eigenvalue weighted by molar-refractivity contribution is 5.79. The lowest BCUT2D eigenvalue weighted by Crippen LogP contribution is -2.52. The maximum atomic E-state index is 13.3. The lowest BCUT2D eigenvalue weighted by molar-refractivity contribution is -0.143. The molecule has 1 rings (SSSR count). The summed E-state index contributed by atoms with van der Waals surface area (Å²) >= 11 is 0. The van der Waals surface area contributed by atoms with Crippen LogP contribution in [0.25, 0.3) is 0 Å². The van der Waals surface area contributed by atoms with E-state index in [2.05, 4.69) is 0 Å². The highest BCUT2D eigenvalue weighted by Gasteiger charge is 2.35. The Morgan fingerprint density at radius 2 is 1.94 bits per heavy atom. The topological polar surface area (TPSA) is 83.5 Å². The number of halogens is 3. The zero-order valence-corrected chi connectivity index (χ0v) is 8.58. The van der Waals surface area contributed by atoms with E-state index in [0.29, 0.717) is 0 Å². The van der Waals surface area contributed by atoms with Gasteiger partial charge in [0.05, 0.1) is 0 Å². The minimum atomic E-state index is -2.32. The normalized spacial score (nSPS) is 14.4. The molecule has 17 heavy (non-hydrogen) atoms. The molecule has 1 aromatic carbocycles. The van der Waals surface area contributed by atoms with Crippen LogP contribution in [0.5, 0.6) is 5.75 Å². The van der Waals surface area contributed by atoms with E-state index in [0.717, 1.165) is 12.1 Å². The summed E-state index contributed by atoms with van der Waals surface area (Å²) < 4.78 is 38.8. The summed E-state index contributed by atoms with van der Waals surface area (Å²) in [5.41, 5.74) is 2.47. The van der Waals surface area contributed by atoms with Gasteiger partial charge in [-0.3, -0.25) is 4.79 Å². The molecule has 7 heteroatoms. The molecule has 0 amide bonds. The van der Waals surface area contributed by atoms with E-state index in [4.69, 9.17) is 15.9 Å². The molecule has 0 fully saturated rings. The summed E-state index contributed by atoms with van der Waals surface area (Å²) in [6.07, 6.45) is -0.720. The van der Waals surface area contributed by atoms with Gasteiger partial charge in [0, 0.05) is 6.42 Å². The van der Waals surface area contributed by atoms with Crippen LogP contribution < -0.4 is 5.73 Å². The summed E-state index contributed by atoms with van der Waals surface area (Å²) in [5.74, 6) is -5.53. The van der Waals surface area contributed by atoms with Crippen molar-refractivity contribution >= 4 is 5.97 Å². The minimum absolute atomic E-state index is 0.414. The number of alkyl halides is 1. The fourth-order valence-corrected chi connectivity index (χ4v) is 1.24. The molecular weight excluding hydrogens is 239 g/mol. The first-order valence-corrected chi connectivity index (χ1v) is 4.56. The van der Waals surface area contributed by atoms with Crippen LogP contribution in [0.1, 0.15) is 5.56 Å². The molecule has 1 atom stereocenters. The van der Waals surface area contributed by atoms with Gasteiger partial charge >= 0.3 is 5.97 Å². The summed E-state index contributed by atoms with van der Waals surface area (Å²) in [6.45, 7) is -1.43. The fraction of sp³-hybridized carbons (Fsp3) is 0.300. The predicted octanol–water partition coefficient (Wildman–Crippen LogP) is 0.964. The van der Waals surface area contributed by atoms with Gasteiger partial charge in [-0.2, -0.15) is 4.39 Å². The summed E-state index contributed by atoms with van der Waals surface area (Å²) in [6, 6.07) is 1.79. The number of carboxylic acid groups (broad SMARTS) is 1. The van der Waals surface area contributed by atoms with Crippen molar-refractivity contribution in [3.05, 3.63) is 29.3 Å². The van der Waals surface area contributed by atoms with Crippen molar-refractivity contribution in [2.24, 2.45) is 5.73 Å². The van der Waals surface area contributed by atoms with Crippen LogP contribution in [0.15, 0.2) is 12.1 Å². The second-order valence-corrected chi connectivity index (χ2v) is 3.64. The van der Waals surface area contributed by atoms with Gasteiger partial charge in [0.2, 0.25) is 5.82 Å². The first-order chi connectivity index (χ1) is 7.81. The lowest BCUT2D eigenvalue weighted by Gasteiger charge is -2.21. The van der Waals surface area contributed by atoms with E-state index in [-0.39, 0.29) is 0 Å². The van der Waals surface area contributed by atoms with Gasteiger partial charge < -0.3 is 15.9 Å². The number of benzene rings is 1. The number of carbonyl (C=O) groups is 1. The second kappa shape index (κ2) is 4.62. The first-order valence-electron chi connectivity index (χ1n) is 4.56. The number of hydrogen-bond acceptors (Lipinski definition) is 3. The summed E-state index contributed by atoms with van der Waals surface area (Å²) in [7, 11) is 0. The molecule has 1 aromatic rings. The summed E-state index contributed by atoms with van der Waals surface area (Å²) in [4.78, 5) is 10.7. The number of carboxylic acids is 1. The first kappa shape index (κ1) is 13.3. The SMILES string of the molecule is NC(CF)(Cc1ccc(O)c(F)c1F)C(=O)O. The molecular formula is C10H10F3NO3. The van der Waals surface area contributed by atoms with Crippen LogP contribution in [0.4, 0.5) is 13.2 Å². The third-order valence-electron chi connectivity index (χ3n) is 2.31. The van der Waals surface area contributed by atoms with Gasteiger partial charge in [0.15, 0.2) is 11.6 Å². The number of phenolic OH excluding ortho intramolecular Hbond substituents is 1. The number of rotatable bonds is 4. The number of aromatic hydroxyl groups is 1. The van der Waals surface area contributed by atoms with Gasteiger partial charge in [0.1, 0.15) is 12.2 Å². The Morgan fingerprint density at radius 1 is 1.35 bits per heavy atom. The lowest BCUT2D eigenvalue weighted by atomic mass is 9.93. The van der Waals surface area contributed by atoms with Gasteiger partial charge in [-0.1, -0.05) is 6.07 Å². The number of nitrogens with two attached hydrogens (primary N) is 1. The van der Waals surface area contributed by atoms with Crippen LogP contribution in [0.3, 0.4) is 0 Å². The number of phenols is 1. The van der Waals surface area contributed by atoms with Crippen molar-refractivity contribution in [3.8, 4) is 5.75 Å². The minimum Gasteiger partial charge on any atom is -0.505 e. The molecule has 0 aliphatic rings. The summed E-state index contributed by atoms with van der Waals surface area (Å²) in [5, 5.41) is 17.5. The molecule has 0 aliphatic carbocycles. The highest BCUT2D eigenvalue weighted by atomic mass is 19.2. The largest absolute Gasteiger partial charge is 0.505 e. The third kappa shape index (κ3) is 2.50. The van der Waals surface area contributed by atoms with Crippen molar-refractivity contribution in [3.63, 3.8) is 0 Å². The highest BCUT2D eigenvalue weighted by Crippen LogP contribution is 2.24. The Morgan fingerprint density at radius 3 is 2.41 bits per heavy atom. The van der Waals surface area contributed by atoms with E-state index < -0.39 is 47.6 Å². The fourth-order valence-electron chi connectivity index (χ4n) is 1.24. The molecule has 94 valence electrons. The maximum absolute atomic E-state index is 13.3. The number of hydrogen-bond donors (Lipinski definition) is 3. The van der Waals surface area contributed by atoms with Crippen LogP contribution in [-0.4, -0.2) is 28.4 Å². The van der Waals surface area contributed by atoms with Crippen LogP contribution in [-0.2, 0) is 11.2 Å². The zero-order chi connectivity index (χ0) is 13.2. The standard InChI is InChI=1S/C10H10F3NO3/c11-4-10(14,9(16)17)3-5-1-2-6(15)8(13)7(5)12/h1-2,15H,3-4,14H2,(H,16,17). The molecule has 0 saturated heterocycles. The Bertz CT molecular complexity index is 453. The Labute approximate surface area is 94.5 Å². The molecule has 0 aromatic heterocycles. The van der Waals surface area contributed by atoms with E-state index in [1.807, 2.05) is 0 Å². The molecule has 0 aliphatic heterocycles. The molecule has 0 heterocycles. The maximum Gasteiger partial charge on any atom is 0.326 e. The van der Waals surface area contributed by atoms with Crippen molar-refractivity contribution < 1.29 is 28.2 Å². The van der Waals surface area contributed by atoms with Crippen LogP contribution in [0.2, 0.25) is 0 Å². The van der Waals surface area contributed by atoms with Crippen molar-refractivity contribution in [2.45, 2.75) is 12.0 Å². The van der Waals surface area contributed by atoms with Gasteiger partial charge in [0.25, 0.3) is 0 Å². The third-order valence-corrected chi connectivity index (χ3v) is 2.31.